The molecule has 0 bridgehead atoms. The summed E-state index contributed by atoms with van der Waals surface area (Å²) in [5.41, 5.74) is 1.59. The molecule has 3 N–H and O–H groups in total. The highest BCUT2D eigenvalue weighted by atomic mass is 17.1. The number of carbonyl (C=O) groups is 1. The highest BCUT2D eigenvalue weighted by Gasteiger charge is 2.04. The second kappa shape index (κ2) is 10.3. The molecule has 0 aromatic heterocycles. The third kappa shape index (κ3) is 7.08. The van der Waals surface area contributed by atoms with Crippen LogP contribution in [-0.2, 0) is 16.1 Å². The Morgan fingerprint density at radius 2 is 2.00 bits per heavy atom. The van der Waals surface area contributed by atoms with Crippen LogP contribution >= 0.6 is 0 Å². The molecule has 0 fully saturated rings. The monoisotopic (exact) mass is 375 g/mol. The summed E-state index contributed by atoms with van der Waals surface area (Å²) in [6.07, 6.45) is 4.00. The second-order valence-corrected chi connectivity index (χ2v) is 5.52. The molecule has 0 atom stereocenters. The van der Waals surface area contributed by atoms with Gasteiger partial charge in [0.15, 0.2) is 11.5 Å². The van der Waals surface area contributed by atoms with Crippen molar-refractivity contribution >= 4 is 12.0 Å². The Morgan fingerprint density at radius 1 is 1.19 bits per heavy atom. The van der Waals surface area contributed by atoms with Gasteiger partial charge in [0.2, 0.25) is 0 Å². The lowest BCUT2D eigenvalue weighted by atomic mass is 10.1. The van der Waals surface area contributed by atoms with Gasteiger partial charge in [-0.15, -0.1) is 0 Å². The van der Waals surface area contributed by atoms with Crippen LogP contribution in [0.1, 0.15) is 17.5 Å². The van der Waals surface area contributed by atoms with Gasteiger partial charge < -0.3 is 14.6 Å². The van der Waals surface area contributed by atoms with Crippen LogP contribution in [0.25, 0.3) is 6.08 Å². The molecule has 2 aromatic rings. The van der Waals surface area contributed by atoms with Crippen LogP contribution in [-0.4, -0.2) is 40.6 Å². The topological polar surface area (TPSA) is 109 Å². The van der Waals surface area contributed by atoms with Crippen LogP contribution in [0.5, 0.6) is 17.2 Å². The number of esters is 1. The highest BCUT2D eigenvalue weighted by molar-refractivity contribution is 5.88. The molecule has 144 valence electrons. The number of aromatic hydroxyl groups is 1. The Morgan fingerprint density at radius 3 is 2.74 bits per heavy atom. The number of hydrogen-bond donors (Lipinski definition) is 3. The number of phenolic OH excluding ortho intramolecular Hbond substituents is 1. The first-order valence-electron chi connectivity index (χ1n) is 8.14. The Kier molecular flexibility index (Phi) is 7.78. The lowest BCUT2D eigenvalue weighted by Crippen LogP contribution is -2.15. The van der Waals surface area contributed by atoms with Crippen molar-refractivity contribution in [2.24, 2.45) is 0 Å². The number of methoxy groups -OCH3 is 1. The van der Waals surface area contributed by atoms with Gasteiger partial charge in [0.1, 0.15) is 5.75 Å². The van der Waals surface area contributed by atoms with E-state index in [1.165, 1.54) is 19.3 Å². The summed E-state index contributed by atoms with van der Waals surface area (Å²) in [4.78, 5) is 16.5. The Bertz CT molecular complexity index is 789. The average molecular weight is 375 g/mol. The third-order valence-corrected chi connectivity index (χ3v) is 3.55. The molecular weight excluding hydrogens is 354 g/mol. The van der Waals surface area contributed by atoms with Crippen molar-refractivity contribution in [1.82, 2.24) is 5.39 Å². The van der Waals surface area contributed by atoms with Crippen LogP contribution in [0, 0.1) is 0 Å². The fraction of sp³-hybridized carbons (Fsp3) is 0.211. The molecule has 0 aliphatic heterocycles. The zero-order valence-electron chi connectivity index (χ0n) is 14.7. The Hall–Kier alpha value is -2.91. The minimum atomic E-state index is -0.543. The maximum Gasteiger partial charge on any atom is 0.336 e. The summed E-state index contributed by atoms with van der Waals surface area (Å²) in [6, 6.07) is 11.7. The summed E-state index contributed by atoms with van der Waals surface area (Å²) >= 11 is 0. The predicted molar refractivity (Wildman–Crippen MR) is 95.5 cm³/mol. The van der Waals surface area contributed by atoms with Crippen LogP contribution < -0.4 is 9.47 Å². The molecule has 2 aromatic carbocycles. The maximum atomic E-state index is 12.0. The number of hydrogen-bond acceptors (Lipinski definition) is 8. The summed E-state index contributed by atoms with van der Waals surface area (Å²) in [7, 11) is 1.44. The summed E-state index contributed by atoms with van der Waals surface area (Å²) in [5, 5.41) is 26.1. The van der Waals surface area contributed by atoms with E-state index in [0.717, 1.165) is 5.56 Å². The quantitative estimate of drug-likeness (QED) is 0.202. The summed E-state index contributed by atoms with van der Waals surface area (Å²) in [6.45, 7) is 0.135. The molecule has 27 heavy (non-hydrogen) atoms. The van der Waals surface area contributed by atoms with Gasteiger partial charge in [-0.2, -0.15) is 0 Å². The van der Waals surface area contributed by atoms with Crippen LogP contribution in [0.15, 0.2) is 48.5 Å². The van der Waals surface area contributed by atoms with E-state index in [9.17, 15) is 9.90 Å². The van der Waals surface area contributed by atoms with Crippen molar-refractivity contribution < 1.29 is 34.6 Å². The molecule has 8 nitrogen and oxygen atoms in total. The standard InChI is InChI=1S/C19H21NO7/c1-25-18-13-15(7-9-17(18)21)8-10-19(22)27-16-6-2-4-14(12-16)5-3-11-26-20(23)24/h2,4,6-10,12-13,21,23-24H,3,5,11H2,1H3/b10-8+. The van der Waals surface area contributed by atoms with E-state index in [4.69, 9.17) is 19.9 Å². The van der Waals surface area contributed by atoms with Gasteiger partial charge in [-0.25, -0.2) is 4.79 Å². The molecule has 8 heteroatoms. The van der Waals surface area contributed by atoms with Crippen molar-refractivity contribution in [3.05, 3.63) is 59.7 Å². The van der Waals surface area contributed by atoms with E-state index in [1.807, 2.05) is 6.07 Å². The number of rotatable bonds is 9. The third-order valence-electron chi connectivity index (χ3n) is 3.55. The Labute approximate surface area is 156 Å². The number of benzene rings is 2. The predicted octanol–water partition coefficient (Wildman–Crippen LogP) is 2.96. The normalized spacial score (nSPS) is 11.1. The number of aryl methyl sites for hydroxylation is 1. The van der Waals surface area contributed by atoms with Crippen LogP contribution in [0.3, 0.4) is 0 Å². The molecule has 0 radical (unpaired) electrons. The number of nitrogens with zero attached hydrogens (tertiary/aromatic N) is 1. The summed E-state index contributed by atoms with van der Waals surface area (Å²) in [5.74, 6) is 0.189. The molecule has 0 aliphatic rings. The maximum absolute atomic E-state index is 12.0. The van der Waals surface area contributed by atoms with E-state index in [-0.39, 0.29) is 17.7 Å². The van der Waals surface area contributed by atoms with E-state index in [2.05, 4.69) is 4.84 Å². The van der Waals surface area contributed by atoms with E-state index < -0.39 is 5.97 Å². The largest absolute Gasteiger partial charge is 0.504 e. The first-order valence-corrected chi connectivity index (χ1v) is 8.14. The van der Waals surface area contributed by atoms with E-state index in [1.54, 1.807) is 36.4 Å². The minimum Gasteiger partial charge on any atom is -0.504 e. The SMILES string of the molecule is COc1cc(/C=C/C(=O)Oc2cccc(CCCON(O)O)c2)ccc1O. The van der Waals surface area contributed by atoms with Gasteiger partial charge in [-0.05, 0) is 54.3 Å². The molecule has 0 saturated heterocycles. The lowest BCUT2D eigenvalue weighted by molar-refractivity contribution is -0.492. The fourth-order valence-electron chi connectivity index (χ4n) is 2.30. The molecule has 0 spiro atoms. The molecule has 0 amide bonds. The van der Waals surface area contributed by atoms with Gasteiger partial charge in [-0.1, -0.05) is 18.2 Å². The number of carbonyl (C=O) groups excluding carboxylic acids is 1. The Balaban J connectivity index is 1.90. The first kappa shape index (κ1) is 20.4. The number of phenols is 1. The molecule has 0 heterocycles. The average Bonchev–Trinajstić information content (AvgIpc) is 2.65. The molecule has 0 unspecified atom stereocenters. The molecule has 0 aliphatic carbocycles. The highest BCUT2D eigenvalue weighted by Crippen LogP contribution is 2.26. The first-order chi connectivity index (χ1) is 13.0. The molecule has 0 saturated carbocycles. The van der Waals surface area contributed by atoms with Gasteiger partial charge in [0.05, 0.1) is 19.1 Å². The van der Waals surface area contributed by atoms with Gasteiger partial charge >= 0.3 is 5.97 Å². The van der Waals surface area contributed by atoms with Crippen molar-refractivity contribution in [3.63, 3.8) is 0 Å². The van der Waals surface area contributed by atoms with E-state index >= 15 is 0 Å². The second-order valence-electron chi connectivity index (χ2n) is 5.52. The van der Waals surface area contributed by atoms with Gasteiger partial charge in [0, 0.05) is 6.08 Å². The fourth-order valence-corrected chi connectivity index (χ4v) is 2.30. The number of ether oxygens (including phenoxy) is 2. The van der Waals surface area contributed by atoms with Crippen molar-refractivity contribution in [1.29, 1.82) is 0 Å². The van der Waals surface area contributed by atoms with Crippen molar-refractivity contribution in [3.8, 4) is 17.2 Å². The molecule has 2 rings (SSSR count). The lowest BCUT2D eigenvalue weighted by Gasteiger charge is -2.07. The van der Waals surface area contributed by atoms with Crippen molar-refractivity contribution in [2.45, 2.75) is 12.8 Å². The molecular formula is C19H21NO7. The zero-order valence-corrected chi connectivity index (χ0v) is 14.7. The summed E-state index contributed by atoms with van der Waals surface area (Å²) < 4.78 is 10.3. The van der Waals surface area contributed by atoms with Crippen LogP contribution in [0.4, 0.5) is 0 Å². The van der Waals surface area contributed by atoms with Gasteiger partial charge in [-0.3, -0.25) is 15.3 Å². The van der Waals surface area contributed by atoms with E-state index in [0.29, 0.717) is 29.9 Å². The van der Waals surface area contributed by atoms with Crippen LogP contribution in [0.2, 0.25) is 0 Å². The van der Waals surface area contributed by atoms with Crippen molar-refractivity contribution in [2.75, 3.05) is 13.7 Å². The zero-order chi connectivity index (χ0) is 19.6. The van der Waals surface area contributed by atoms with Gasteiger partial charge in [0.25, 0.3) is 0 Å². The minimum absolute atomic E-state index is 0.0186. The smallest absolute Gasteiger partial charge is 0.336 e.